The lowest BCUT2D eigenvalue weighted by molar-refractivity contribution is -0.274. The molecule has 0 fully saturated rings. The van der Waals surface area contributed by atoms with Crippen molar-refractivity contribution >= 4 is 11.9 Å². The Morgan fingerprint density at radius 2 is 1.52 bits per heavy atom. The topological polar surface area (TPSA) is 40.6 Å². The first-order valence-corrected chi connectivity index (χ1v) is 9.83. The molecular weight excluding hydrogens is 445 g/mol. The number of hydrogen-bond donors (Lipinski definition) is 0. The number of methoxy groups -OCH3 is 1. The fraction of sp³-hybridized carbons (Fsp3) is 0.208. The molecule has 1 heterocycles. The molecule has 0 N–H and O–H groups in total. The Kier molecular flexibility index (Phi) is 5.84. The Balaban J connectivity index is 1.57. The van der Waals surface area contributed by atoms with E-state index in [4.69, 9.17) is 9.47 Å². The molecule has 9 heteroatoms. The van der Waals surface area contributed by atoms with Crippen LogP contribution in [0.2, 0.25) is 0 Å². The molecule has 3 aromatic rings. The minimum absolute atomic E-state index is 0.183. The highest BCUT2D eigenvalue weighted by atomic mass is 19.4. The van der Waals surface area contributed by atoms with Crippen LogP contribution < -0.4 is 20.0 Å². The smallest absolute Gasteiger partial charge is 0.457 e. The van der Waals surface area contributed by atoms with Crippen molar-refractivity contribution in [3.05, 3.63) is 70.9 Å². The summed E-state index contributed by atoms with van der Waals surface area (Å²) in [6.45, 7) is 1.73. The van der Waals surface area contributed by atoms with Gasteiger partial charge in [-0.1, -0.05) is 12.1 Å². The van der Waals surface area contributed by atoms with Crippen molar-refractivity contribution in [2.75, 3.05) is 7.11 Å². The second-order valence-corrected chi connectivity index (χ2v) is 7.42. The van der Waals surface area contributed by atoms with Crippen LogP contribution >= 0.6 is 0 Å². The van der Waals surface area contributed by atoms with Gasteiger partial charge in [0.2, 0.25) is 5.85 Å². The molecule has 1 atom stereocenters. The molecular formula is C24H18F5NO3. The van der Waals surface area contributed by atoms with Crippen LogP contribution in [0.1, 0.15) is 12.1 Å². The zero-order valence-electron chi connectivity index (χ0n) is 17.5. The lowest BCUT2D eigenvalue weighted by atomic mass is 9.99. The van der Waals surface area contributed by atoms with Crippen LogP contribution in [0.5, 0.6) is 17.2 Å². The van der Waals surface area contributed by atoms with Crippen molar-refractivity contribution in [3.8, 4) is 28.4 Å². The number of alkyl halides is 4. The molecule has 0 amide bonds. The third kappa shape index (κ3) is 5.14. The van der Waals surface area contributed by atoms with Gasteiger partial charge >= 0.3 is 6.36 Å². The van der Waals surface area contributed by atoms with E-state index in [2.05, 4.69) is 9.72 Å². The Labute approximate surface area is 185 Å². The van der Waals surface area contributed by atoms with E-state index in [1.807, 2.05) is 0 Å². The van der Waals surface area contributed by atoms with Gasteiger partial charge in [-0.05, 0) is 55.0 Å². The van der Waals surface area contributed by atoms with Crippen LogP contribution in [0.25, 0.3) is 23.0 Å². The first kappa shape index (κ1) is 22.7. The molecule has 1 unspecified atom stereocenters. The van der Waals surface area contributed by atoms with E-state index in [0.717, 1.165) is 17.7 Å². The highest BCUT2D eigenvalue weighted by Crippen LogP contribution is 2.30. The maximum atomic E-state index is 14.6. The van der Waals surface area contributed by atoms with Crippen LogP contribution in [0.4, 0.5) is 22.0 Å². The van der Waals surface area contributed by atoms with E-state index >= 15 is 0 Å². The molecule has 0 radical (unpaired) electrons. The van der Waals surface area contributed by atoms with Gasteiger partial charge in [-0.2, -0.15) is 0 Å². The molecule has 1 aliphatic rings. The molecule has 2 aromatic carbocycles. The lowest BCUT2D eigenvalue weighted by Gasteiger charge is -2.22. The van der Waals surface area contributed by atoms with E-state index in [-0.39, 0.29) is 16.3 Å². The van der Waals surface area contributed by atoms with E-state index in [0.29, 0.717) is 22.8 Å². The fourth-order valence-electron chi connectivity index (χ4n) is 3.48. The fourth-order valence-corrected chi connectivity index (χ4v) is 3.48. The lowest BCUT2D eigenvalue weighted by Crippen LogP contribution is -2.41. The Bertz CT molecular complexity index is 1290. The van der Waals surface area contributed by atoms with Gasteiger partial charge in [-0.15, -0.1) is 13.2 Å². The van der Waals surface area contributed by atoms with Gasteiger partial charge in [-0.25, -0.2) is 8.78 Å². The number of rotatable bonds is 5. The van der Waals surface area contributed by atoms with Crippen molar-refractivity contribution in [1.29, 1.82) is 0 Å². The first-order chi connectivity index (χ1) is 15.5. The Morgan fingerprint density at radius 1 is 0.939 bits per heavy atom. The number of benzene rings is 2. The summed E-state index contributed by atoms with van der Waals surface area (Å²) in [5.74, 6) is -2.46. The average Bonchev–Trinajstić information content (AvgIpc) is 2.74. The third-order valence-corrected chi connectivity index (χ3v) is 5.08. The second-order valence-electron chi connectivity index (χ2n) is 7.42. The highest BCUT2D eigenvalue weighted by molar-refractivity contribution is 5.68. The van der Waals surface area contributed by atoms with Crippen LogP contribution in [-0.2, 0) is 4.74 Å². The third-order valence-electron chi connectivity index (χ3n) is 5.08. The number of hydrogen-bond acceptors (Lipinski definition) is 4. The number of halogens is 5. The Morgan fingerprint density at radius 3 is 2.09 bits per heavy atom. The molecule has 4 nitrogen and oxygen atoms in total. The zero-order valence-corrected chi connectivity index (χ0v) is 17.5. The molecule has 172 valence electrons. The van der Waals surface area contributed by atoms with Gasteiger partial charge in [-0.3, -0.25) is 4.98 Å². The van der Waals surface area contributed by atoms with Gasteiger partial charge in [0.25, 0.3) is 0 Å². The largest absolute Gasteiger partial charge is 0.573 e. The maximum absolute atomic E-state index is 14.6. The molecule has 4 rings (SSSR count). The number of aryl methyl sites for hydroxylation is 1. The monoisotopic (exact) mass is 463 g/mol. The number of aromatic nitrogens is 1. The van der Waals surface area contributed by atoms with Crippen LogP contribution in [0.15, 0.2) is 54.6 Å². The van der Waals surface area contributed by atoms with Crippen molar-refractivity contribution in [2.24, 2.45) is 0 Å². The zero-order chi connectivity index (χ0) is 23.8. The number of fused-ring (bicyclic) bond motifs is 1. The minimum Gasteiger partial charge on any atom is -0.457 e. The summed E-state index contributed by atoms with van der Waals surface area (Å²) in [7, 11) is 1.17. The summed E-state index contributed by atoms with van der Waals surface area (Å²) in [6.07, 6.45) is -4.12. The molecule has 0 aliphatic heterocycles. The van der Waals surface area contributed by atoms with Crippen molar-refractivity contribution in [3.63, 3.8) is 0 Å². The van der Waals surface area contributed by atoms with Crippen LogP contribution in [0.3, 0.4) is 0 Å². The quantitative estimate of drug-likeness (QED) is 0.480. The first-order valence-electron chi connectivity index (χ1n) is 9.83. The second kappa shape index (κ2) is 8.47. The van der Waals surface area contributed by atoms with E-state index < -0.39 is 24.5 Å². The van der Waals surface area contributed by atoms with Crippen LogP contribution in [-0.4, -0.2) is 24.3 Å². The minimum atomic E-state index is -4.76. The summed E-state index contributed by atoms with van der Waals surface area (Å²) in [6, 6.07) is 13.4. The van der Waals surface area contributed by atoms with Crippen molar-refractivity contribution in [1.82, 2.24) is 4.98 Å². The standard InChI is InChI=1S/C24H18F5NO3/c1-14-19(11-20-21(25)12-23(26,31-2)13-22(20)30-14)15-3-5-16(6-4-15)32-17-7-9-18(10-8-17)33-24(27,28)29/h3-11,13H,12H2,1-2H3. The molecule has 0 saturated carbocycles. The molecule has 0 bridgehead atoms. The normalized spacial score (nSPS) is 17.8. The number of ether oxygens (including phenoxy) is 3. The summed E-state index contributed by atoms with van der Waals surface area (Å²) < 4.78 is 80.0. The SMILES string of the molecule is COC1(F)C=c2nc(C)c(-c3ccc(Oc4ccc(OC(F)(F)F)cc4)cc3)cc2=C(F)C1. The van der Waals surface area contributed by atoms with Gasteiger partial charge in [0.1, 0.15) is 23.1 Å². The van der Waals surface area contributed by atoms with Gasteiger partial charge in [0.15, 0.2) is 0 Å². The highest BCUT2D eigenvalue weighted by Gasteiger charge is 2.32. The van der Waals surface area contributed by atoms with E-state index in [1.54, 1.807) is 37.3 Å². The number of nitrogens with zero attached hydrogens (tertiary/aromatic N) is 1. The van der Waals surface area contributed by atoms with Crippen molar-refractivity contribution in [2.45, 2.75) is 25.6 Å². The predicted octanol–water partition coefficient (Wildman–Crippen LogP) is 5.32. The molecule has 33 heavy (non-hydrogen) atoms. The summed E-state index contributed by atoms with van der Waals surface area (Å²) in [5, 5.41) is 0.393. The van der Waals surface area contributed by atoms with Gasteiger partial charge < -0.3 is 14.2 Å². The average molecular weight is 463 g/mol. The maximum Gasteiger partial charge on any atom is 0.573 e. The summed E-state index contributed by atoms with van der Waals surface area (Å²) in [5.41, 5.74) is 1.98. The van der Waals surface area contributed by atoms with Crippen molar-refractivity contribution < 1.29 is 36.2 Å². The van der Waals surface area contributed by atoms with Gasteiger partial charge in [0, 0.05) is 29.7 Å². The summed E-state index contributed by atoms with van der Waals surface area (Å²) >= 11 is 0. The molecule has 0 spiro atoms. The molecule has 1 aliphatic carbocycles. The van der Waals surface area contributed by atoms with E-state index in [1.165, 1.54) is 25.3 Å². The molecule has 1 aromatic heterocycles. The number of pyridine rings is 1. The van der Waals surface area contributed by atoms with E-state index in [9.17, 15) is 22.0 Å². The predicted molar refractivity (Wildman–Crippen MR) is 111 cm³/mol. The van der Waals surface area contributed by atoms with Crippen LogP contribution in [0, 0.1) is 6.92 Å². The summed E-state index contributed by atoms with van der Waals surface area (Å²) in [4.78, 5) is 4.35. The Hall–Kier alpha value is -3.46. The molecule has 0 saturated heterocycles. The van der Waals surface area contributed by atoms with Gasteiger partial charge in [0.05, 0.1) is 11.8 Å².